The fourth-order valence-electron chi connectivity index (χ4n) is 2.55. The van der Waals surface area contributed by atoms with Crippen LogP contribution < -0.4 is 5.32 Å². The van der Waals surface area contributed by atoms with Crippen molar-refractivity contribution >= 4 is 5.78 Å². The molecule has 3 heteroatoms. The third kappa shape index (κ3) is 9.19. The molecule has 0 spiro atoms. The van der Waals surface area contributed by atoms with Crippen LogP contribution in [0, 0.1) is 0 Å². The van der Waals surface area contributed by atoms with Gasteiger partial charge in [-0.15, -0.1) is 0 Å². The Morgan fingerprint density at radius 3 is 2.30 bits per heavy atom. The Balaban J connectivity index is 5.23. The highest BCUT2D eigenvalue weighted by molar-refractivity contribution is 5.84. The summed E-state index contributed by atoms with van der Waals surface area (Å²) in [6, 6.07) is -0.236. The zero-order valence-electron chi connectivity index (χ0n) is 15.2. The summed E-state index contributed by atoms with van der Waals surface area (Å²) in [5.41, 5.74) is 0.821. The van der Waals surface area contributed by atoms with Crippen molar-refractivity contribution in [2.45, 2.75) is 71.4 Å². The summed E-state index contributed by atoms with van der Waals surface area (Å²) in [6.07, 6.45) is 10.5. The fraction of sp³-hybridized carbons (Fsp3) is 0.550. The Morgan fingerprint density at radius 2 is 1.83 bits per heavy atom. The molecule has 0 amide bonds. The minimum absolute atomic E-state index is 0.0891. The molecule has 23 heavy (non-hydrogen) atoms. The number of Topliss-reactive ketones (excluding diaryl/α,β-unsaturated/α-hetero) is 1. The van der Waals surface area contributed by atoms with Crippen LogP contribution in [0.15, 0.2) is 48.8 Å². The number of ketones is 1. The zero-order valence-corrected chi connectivity index (χ0v) is 15.2. The summed E-state index contributed by atoms with van der Waals surface area (Å²) in [7, 11) is 0. The predicted molar refractivity (Wildman–Crippen MR) is 99.6 cm³/mol. The number of hydrogen-bond acceptors (Lipinski definition) is 3. The van der Waals surface area contributed by atoms with Crippen LogP contribution in [0.3, 0.4) is 0 Å². The van der Waals surface area contributed by atoms with Crippen LogP contribution in [-0.2, 0) is 4.79 Å². The van der Waals surface area contributed by atoms with Gasteiger partial charge in [-0.25, -0.2) is 0 Å². The van der Waals surface area contributed by atoms with Crippen LogP contribution >= 0.6 is 0 Å². The first-order valence-electron chi connectivity index (χ1n) is 8.44. The van der Waals surface area contributed by atoms with Crippen molar-refractivity contribution in [3.8, 4) is 0 Å². The molecule has 0 saturated heterocycles. The number of carbonyl (C=O) groups excluding carboxylic acids is 1. The highest BCUT2D eigenvalue weighted by atomic mass is 16.3. The van der Waals surface area contributed by atoms with Crippen molar-refractivity contribution in [3.05, 3.63) is 48.8 Å². The van der Waals surface area contributed by atoms with E-state index in [4.69, 9.17) is 0 Å². The van der Waals surface area contributed by atoms with Crippen LogP contribution in [0.25, 0.3) is 0 Å². The number of carbonyl (C=O) groups is 1. The van der Waals surface area contributed by atoms with Crippen LogP contribution in [0.4, 0.5) is 0 Å². The first kappa shape index (κ1) is 21.4. The van der Waals surface area contributed by atoms with Crippen molar-refractivity contribution in [1.29, 1.82) is 0 Å². The van der Waals surface area contributed by atoms with Gasteiger partial charge < -0.3 is 10.4 Å². The van der Waals surface area contributed by atoms with E-state index in [2.05, 4.69) is 39.2 Å². The largest absolute Gasteiger partial charge is 0.508 e. The minimum atomic E-state index is -0.236. The molecule has 0 aliphatic heterocycles. The van der Waals surface area contributed by atoms with E-state index in [0.717, 1.165) is 24.8 Å². The quantitative estimate of drug-likeness (QED) is 0.392. The van der Waals surface area contributed by atoms with Gasteiger partial charge in [0.25, 0.3) is 0 Å². The number of allylic oxidation sites excluding steroid dienone is 4. The topological polar surface area (TPSA) is 49.3 Å². The van der Waals surface area contributed by atoms with Crippen molar-refractivity contribution < 1.29 is 9.90 Å². The fourth-order valence-corrected chi connectivity index (χ4v) is 2.55. The summed E-state index contributed by atoms with van der Waals surface area (Å²) in [6.45, 7) is 15.7. The summed E-state index contributed by atoms with van der Waals surface area (Å²) < 4.78 is 0. The van der Waals surface area contributed by atoms with Crippen LogP contribution in [0.1, 0.15) is 59.8 Å². The Morgan fingerprint density at radius 1 is 1.17 bits per heavy atom. The molecule has 1 unspecified atom stereocenters. The second-order valence-electron chi connectivity index (χ2n) is 6.49. The van der Waals surface area contributed by atoms with E-state index < -0.39 is 0 Å². The van der Waals surface area contributed by atoms with Crippen LogP contribution in [0.5, 0.6) is 0 Å². The molecule has 0 bridgehead atoms. The Labute approximate surface area is 141 Å². The molecule has 0 saturated carbocycles. The lowest BCUT2D eigenvalue weighted by molar-refractivity contribution is -0.121. The number of aliphatic hydroxyl groups is 1. The second kappa shape index (κ2) is 11.0. The lowest BCUT2D eigenvalue weighted by Crippen LogP contribution is -2.49. The molecule has 0 aliphatic rings. The first-order chi connectivity index (χ1) is 10.8. The van der Waals surface area contributed by atoms with E-state index in [1.807, 2.05) is 6.92 Å². The average Bonchev–Trinajstić information content (AvgIpc) is 2.49. The SMILES string of the molecule is C=C/C(=C\C=C(\O)C=C)CC(NC(C)(C)CCC)C(=O)CCC. The van der Waals surface area contributed by atoms with E-state index in [9.17, 15) is 9.90 Å². The van der Waals surface area contributed by atoms with Crippen molar-refractivity contribution in [1.82, 2.24) is 5.32 Å². The standard InChI is InChI=1S/C20H33NO2/c1-7-11-19(23)18(21-20(5,6)14-8-2)15-16(9-3)12-13-17(22)10-4/h9-10,12-13,18,21-22H,3-4,7-8,11,14-15H2,1-2,5-6H3/b16-12+,17-13+. The van der Waals surface area contributed by atoms with Gasteiger partial charge >= 0.3 is 0 Å². The minimum Gasteiger partial charge on any atom is -0.508 e. The van der Waals surface area contributed by atoms with E-state index in [-0.39, 0.29) is 23.1 Å². The number of rotatable bonds is 12. The summed E-state index contributed by atoms with van der Waals surface area (Å²) >= 11 is 0. The highest BCUT2D eigenvalue weighted by Crippen LogP contribution is 2.17. The second-order valence-corrected chi connectivity index (χ2v) is 6.49. The molecule has 0 aliphatic carbocycles. The van der Waals surface area contributed by atoms with E-state index >= 15 is 0 Å². The molecular weight excluding hydrogens is 286 g/mol. The molecule has 0 fully saturated rings. The highest BCUT2D eigenvalue weighted by Gasteiger charge is 2.25. The molecule has 0 aromatic rings. The van der Waals surface area contributed by atoms with Gasteiger partial charge in [0.1, 0.15) is 11.5 Å². The third-order valence-electron chi connectivity index (χ3n) is 3.70. The maximum absolute atomic E-state index is 12.5. The third-order valence-corrected chi connectivity index (χ3v) is 3.70. The Hall–Kier alpha value is -1.61. The molecule has 130 valence electrons. The average molecular weight is 319 g/mol. The van der Waals surface area contributed by atoms with Gasteiger partial charge in [0.05, 0.1) is 6.04 Å². The van der Waals surface area contributed by atoms with Gasteiger partial charge in [0.15, 0.2) is 0 Å². The van der Waals surface area contributed by atoms with Gasteiger partial charge in [-0.2, -0.15) is 0 Å². The van der Waals surface area contributed by atoms with E-state index in [1.54, 1.807) is 18.2 Å². The maximum atomic E-state index is 12.5. The lowest BCUT2D eigenvalue weighted by atomic mass is 9.92. The molecule has 0 aromatic heterocycles. The number of hydrogen-bond donors (Lipinski definition) is 2. The normalized spacial score (nSPS) is 14.4. The lowest BCUT2D eigenvalue weighted by Gasteiger charge is -2.31. The van der Waals surface area contributed by atoms with Crippen molar-refractivity contribution in [2.24, 2.45) is 0 Å². The molecule has 1 atom stereocenters. The Bertz CT molecular complexity index is 458. The van der Waals surface area contributed by atoms with Gasteiger partial charge in [0.2, 0.25) is 0 Å². The molecule has 0 radical (unpaired) electrons. The van der Waals surface area contributed by atoms with Gasteiger partial charge in [0, 0.05) is 12.0 Å². The molecule has 0 heterocycles. The monoisotopic (exact) mass is 319 g/mol. The van der Waals surface area contributed by atoms with Gasteiger partial charge in [-0.1, -0.05) is 45.6 Å². The summed E-state index contributed by atoms with van der Waals surface area (Å²) in [5, 5.41) is 13.0. The number of nitrogens with one attached hydrogen (secondary N) is 1. The van der Waals surface area contributed by atoms with E-state index in [1.165, 1.54) is 6.08 Å². The zero-order chi connectivity index (χ0) is 17.9. The maximum Gasteiger partial charge on any atom is 0.150 e. The number of aliphatic hydroxyl groups excluding tert-OH is 1. The summed E-state index contributed by atoms with van der Waals surface area (Å²) in [4.78, 5) is 12.5. The first-order valence-corrected chi connectivity index (χ1v) is 8.44. The van der Waals surface area contributed by atoms with Crippen molar-refractivity contribution in [3.63, 3.8) is 0 Å². The molecule has 0 rings (SSSR count). The predicted octanol–water partition coefficient (Wildman–Crippen LogP) is 5.02. The molecular formula is C20H33NO2. The van der Waals surface area contributed by atoms with Gasteiger partial charge in [-0.3, -0.25) is 4.79 Å². The van der Waals surface area contributed by atoms with Crippen molar-refractivity contribution in [2.75, 3.05) is 0 Å². The van der Waals surface area contributed by atoms with E-state index in [0.29, 0.717) is 12.8 Å². The molecule has 2 N–H and O–H groups in total. The van der Waals surface area contributed by atoms with Crippen LogP contribution in [0.2, 0.25) is 0 Å². The molecule has 0 aromatic carbocycles. The van der Waals surface area contributed by atoms with Gasteiger partial charge in [-0.05, 0) is 50.8 Å². The Kier molecular flexibility index (Phi) is 10.2. The van der Waals surface area contributed by atoms with Crippen LogP contribution in [-0.4, -0.2) is 22.5 Å². The molecule has 3 nitrogen and oxygen atoms in total. The summed E-state index contributed by atoms with van der Waals surface area (Å²) in [5.74, 6) is 0.321. The smallest absolute Gasteiger partial charge is 0.150 e.